The van der Waals surface area contributed by atoms with E-state index in [4.69, 9.17) is 14.5 Å². The molecule has 0 bridgehead atoms. The molecule has 30 heavy (non-hydrogen) atoms. The molecular formula is C23H26N4O2S. The second-order valence-electron chi connectivity index (χ2n) is 8.05. The number of anilines is 1. The van der Waals surface area contributed by atoms with Crippen LogP contribution in [0, 0.1) is 5.92 Å². The topological polar surface area (TPSA) is 61.2 Å². The molecule has 1 aliphatic carbocycles. The molecule has 156 valence electrons. The van der Waals surface area contributed by atoms with Crippen LogP contribution in [0.3, 0.4) is 0 Å². The Balaban J connectivity index is 1.41. The van der Waals surface area contributed by atoms with Gasteiger partial charge < -0.3 is 19.4 Å². The van der Waals surface area contributed by atoms with Gasteiger partial charge in [-0.15, -0.1) is 0 Å². The molecule has 2 aromatic heterocycles. The average Bonchev–Trinajstić information content (AvgIpc) is 3.46. The van der Waals surface area contributed by atoms with E-state index >= 15 is 0 Å². The largest absolute Gasteiger partial charge is 0.493 e. The molecule has 2 aromatic carbocycles. The van der Waals surface area contributed by atoms with Crippen LogP contribution in [0.4, 0.5) is 5.13 Å². The van der Waals surface area contributed by atoms with E-state index in [0.717, 1.165) is 34.1 Å². The Morgan fingerprint density at radius 1 is 1.10 bits per heavy atom. The Morgan fingerprint density at radius 3 is 2.70 bits per heavy atom. The number of benzene rings is 2. The Bertz CT molecular complexity index is 1200. The maximum absolute atomic E-state index is 5.46. The fourth-order valence-corrected chi connectivity index (χ4v) is 5.35. The van der Waals surface area contributed by atoms with Gasteiger partial charge in [-0.2, -0.15) is 0 Å². The zero-order chi connectivity index (χ0) is 20.7. The van der Waals surface area contributed by atoms with Crippen molar-refractivity contribution in [2.24, 2.45) is 5.92 Å². The summed E-state index contributed by atoms with van der Waals surface area (Å²) in [4.78, 5) is 9.34. The second kappa shape index (κ2) is 7.80. The summed E-state index contributed by atoms with van der Waals surface area (Å²) < 4.78 is 14.2. The molecule has 0 radical (unpaired) electrons. The first-order valence-corrected chi connectivity index (χ1v) is 11.2. The number of aromatic nitrogens is 3. The van der Waals surface area contributed by atoms with Crippen LogP contribution in [0.1, 0.15) is 31.7 Å². The number of thiazole rings is 1. The van der Waals surface area contributed by atoms with Crippen molar-refractivity contribution < 1.29 is 9.47 Å². The summed E-state index contributed by atoms with van der Waals surface area (Å²) >= 11 is 1.74. The van der Waals surface area contributed by atoms with Gasteiger partial charge in [-0.25, -0.2) is 9.97 Å². The van der Waals surface area contributed by atoms with Gasteiger partial charge in [-0.05, 0) is 36.5 Å². The van der Waals surface area contributed by atoms with Crippen molar-refractivity contribution in [3.05, 3.63) is 42.2 Å². The molecule has 0 amide bonds. The van der Waals surface area contributed by atoms with Crippen LogP contribution in [0.25, 0.3) is 21.3 Å². The van der Waals surface area contributed by atoms with Crippen LogP contribution in [-0.2, 0) is 6.54 Å². The maximum Gasteiger partial charge on any atom is 0.184 e. The molecule has 1 saturated carbocycles. The van der Waals surface area contributed by atoms with Gasteiger partial charge in [0.1, 0.15) is 0 Å². The summed E-state index contributed by atoms with van der Waals surface area (Å²) in [7, 11) is 3.29. The molecular weight excluding hydrogens is 396 g/mol. The van der Waals surface area contributed by atoms with E-state index < -0.39 is 0 Å². The van der Waals surface area contributed by atoms with Crippen molar-refractivity contribution in [2.75, 3.05) is 19.5 Å². The minimum Gasteiger partial charge on any atom is -0.493 e. The fraction of sp³-hybridized carbons (Fsp3) is 0.391. The quantitative estimate of drug-likeness (QED) is 0.456. The Morgan fingerprint density at radius 2 is 1.93 bits per heavy atom. The number of imidazole rings is 1. The van der Waals surface area contributed by atoms with E-state index in [1.165, 1.54) is 29.5 Å². The first-order chi connectivity index (χ1) is 14.6. The molecule has 0 spiro atoms. The molecule has 1 N–H and O–H groups in total. The van der Waals surface area contributed by atoms with Gasteiger partial charge in [0.15, 0.2) is 16.6 Å². The van der Waals surface area contributed by atoms with E-state index in [1.807, 2.05) is 18.5 Å². The summed E-state index contributed by atoms with van der Waals surface area (Å²) in [6.45, 7) is 3.07. The van der Waals surface area contributed by atoms with E-state index in [-0.39, 0.29) is 0 Å². The number of nitrogens with one attached hydrogen (secondary N) is 1. The highest BCUT2D eigenvalue weighted by molar-refractivity contribution is 7.22. The third kappa shape index (κ3) is 3.47. The van der Waals surface area contributed by atoms with Crippen molar-refractivity contribution in [1.29, 1.82) is 0 Å². The number of hydrogen-bond acceptors (Lipinski definition) is 6. The molecule has 1 fully saturated rings. The predicted octanol–water partition coefficient (Wildman–Crippen LogP) is 5.31. The standard InChI is InChI=1S/C23H26N4O2S/c1-14-5-4-6-16(14)25-23-26-17-8-7-15(9-22(17)30-23)12-27-13-24-18-10-20(28-2)21(29-3)11-19(18)27/h7-11,13-14,16H,4-6,12H2,1-3H3,(H,25,26)/t14-,16+/m0/s1. The number of fused-ring (bicyclic) bond motifs is 2. The van der Waals surface area contributed by atoms with Crippen LogP contribution >= 0.6 is 11.3 Å². The van der Waals surface area contributed by atoms with Crippen LogP contribution in [-0.4, -0.2) is 34.8 Å². The summed E-state index contributed by atoms with van der Waals surface area (Å²) in [6.07, 6.45) is 5.73. The van der Waals surface area contributed by atoms with Gasteiger partial charge in [0.05, 0.1) is 41.8 Å². The van der Waals surface area contributed by atoms with Crippen molar-refractivity contribution in [2.45, 2.75) is 38.8 Å². The van der Waals surface area contributed by atoms with E-state index in [0.29, 0.717) is 17.5 Å². The van der Waals surface area contributed by atoms with Crippen LogP contribution in [0.15, 0.2) is 36.7 Å². The SMILES string of the molecule is COc1cc2ncn(Cc3ccc4nc(N[C@@H]5CCC[C@@H]5C)sc4c3)c2cc1OC. The van der Waals surface area contributed by atoms with Gasteiger partial charge >= 0.3 is 0 Å². The molecule has 7 heteroatoms. The summed E-state index contributed by atoms with van der Waals surface area (Å²) in [5.41, 5.74) is 4.19. The van der Waals surface area contributed by atoms with E-state index in [9.17, 15) is 0 Å². The van der Waals surface area contributed by atoms with Gasteiger partial charge in [0.25, 0.3) is 0 Å². The van der Waals surface area contributed by atoms with Crippen LogP contribution in [0.5, 0.6) is 11.5 Å². The lowest BCUT2D eigenvalue weighted by molar-refractivity contribution is 0.355. The molecule has 2 atom stereocenters. The van der Waals surface area contributed by atoms with E-state index in [2.05, 4.69) is 40.0 Å². The number of nitrogens with zero attached hydrogens (tertiary/aromatic N) is 3. The number of ether oxygens (including phenoxy) is 2. The third-order valence-electron chi connectivity index (χ3n) is 6.10. The van der Waals surface area contributed by atoms with Gasteiger partial charge in [-0.1, -0.05) is 30.7 Å². The normalized spacial score (nSPS) is 18.9. The summed E-state index contributed by atoms with van der Waals surface area (Å²) in [6, 6.07) is 11.0. The van der Waals surface area contributed by atoms with Crippen LogP contribution in [0.2, 0.25) is 0 Å². The molecule has 0 aliphatic heterocycles. The predicted molar refractivity (Wildman–Crippen MR) is 122 cm³/mol. The highest BCUT2D eigenvalue weighted by Gasteiger charge is 2.24. The number of methoxy groups -OCH3 is 2. The van der Waals surface area contributed by atoms with Gasteiger partial charge in [0, 0.05) is 24.7 Å². The maximum atomic E-state index is 5.46. The minimum atomic E-state index is 0.550. The smallest absolute Gasteiger partial charge is 0.184 e. The highest BCUT2D eigenvalue weighted by atomic mass is 32.1. The molecule has 1 aliphatic rings. The lowest BCUT2D eigenvalue weighted by atomic mass is 10.1. The number of hydrogen-bond donors (Lipinski definition) is 1. The average molecular weight is 423 g/mol. The van der Waals surface area contributed by atoms with Gasteiger partial charge in [-0.3, -0.25) is 0 Å². The highest BCUT2D eigenvalue weighted by Crippen LogP contribution is 2.34. The zero-order valence-electron chi connectivity index (χ0n) is 17.5. The van der Waals surface area contributed by atoms with E-state index in [1.54, 1.807) is 25.6 Å². The van der Waals surface area contributed by atoms with Crippen molar-refractivity contribution in [1.82, 2.24) is 14.5 Å². The Hall–Kier alpha value is -2.80. The van der Waals surface area contributed by atoms with Crippen molar-refractivity contribution >= 4 is 37.7 Å². The molecule has 0 unspecified atom stereocenters. The molecule has 6 nitrogen and oxygen atoms in total. The van der Waals surface area contributed by atoms with Crippen LogP contribution < -0.4 is 14.8 Å². The lowest BCUT2D eigenvalue weighted by Crippen LogP contribution is -2.21. The first kappa shape index (κ1) is 19.2. The minimum absolute atomic E-state index is 0.550. The molecule has 4 aromatic rings. The first-order valence-electron chi connectivity index (χ1n) is 10.4. The third-order valence-corrected chi connectivity index (χ3v) is 7.05. The zero-order valence-corrected chi connectivity index (χ0v) is 18.3. The second-order valence-corrected chi connectivity index (χ2v) is 9.08. The Kier molecular flexibility index (Phi) is 4.98. The fourth-order valence-electron chi connectivity index (χ4n) is 4.36. The number of rotatable bonds is 6. The Labute approximate surface area is 179 Å². The summed E-state index contributed by atoms with van der Waals surface area (Å²) in [5, 5.41) is 4.69. The lowest BCUT2D eigenvalue weighted by Gasteiger charge is -2.15. The monoisotopic (exact) mass is 422 g/mol. The summed E-state index contributed by atoms with van der Waals surface area (Å²) in [5.74, 6) is 2.12. The van der Waals surface area contributed by atoms with Crippen molar-refractivity contribution in [3.63, 3.8) is 0 Å². The molecule has 5 rings (SSSR count). The molecule has 2 heterocycles. The van der Waals surface area contributed by atoms with Gasteiger partial charge in [0.2, 0.25) is 0 Å². The molecule has 0 saturated heterocycles. The van der Waals surface area contributed by atoms with Crippen molar-refractivity contribution in [3.8, 4) is 11.5 Å².